The molecule has 5 aromatic rings. The van der Waals surface area contributed by atoms with E-state index in [2.05, 4.69) is 55.7 Å². The number of anilines is 2. The van der Waals surface area contributed by atoms with Crippen molar-refractivity contribution in [3.05, 3.63) is 123 Å². The van der Waals surface area contributed by atoms with Crippen LogP contribution < -0.4 is 19.7 Å². The molecular weight excluding hydrogens is 857 g/mol. The maximum atomic E-state index is 14.0. The number of piperazine rings is 1. The van der Waals surface area contributed by atoms with Gasteiger partial charge in [-0.2, -0.15) is 0 Å². The molecule has 3 heterocycles. The van der Waals surface area contributed by atoms with Crippen LogP contribution in [0.3, 0.4) is 0 Å². The molecule has 0 spiro atoms. The maximum Gasteiger partial charge on any atom is 0.293 e. The molecule has 13 nitrogen and oxygen atoms in total. The number of H-pyrrole nitrogens is 1. The number of benzene rings is 4. The summed E-state index contributed by atoms with van der Waals surface area (Å²) in [6.45, 7) is 10.4. The number of sulfonamides is 1. The Morgan fingerprint density at radius 3 is 2.45 bits per heavy atom. The van der Waals surface area contributed by atoms with Crippen LogP contribution in [0.5, 0.6) is 11.5 Å². The largest absolute Gasteiger partial charge is 0.456 e. The first-order valence-corrected chi connectivity index (χ1v) is 23.8. The van der Waals surface area contributed by atoms with Gasteiger partial charge in [-0.3, -0.25) is 24.2 Å². The topological polar surface area (TPSA) is 153 Å². The molecule has 0 atom stereocenters. The molecule has 1 amide bonds. The average Bonchev–Trinajstić information content (AvgIpc) is 3.75. The third-order valence-corrected chi connectivity index (χ3v) is 14.3. The minimum atomic E-state index is -4.57. The quantitative estimate of drug-likeness (QED) is 0.0684. The van der Waals surface area contributed by atoms with Crippen molar-refractivity contribution >= 4 is 61.1 Å². The highest BCUT2D eigenvalue weighted by Crippen LogP contribution is 2.43. The van der Waals surface area contributed by atoms with Crippen molar-refractivity contribution in [3.8, 4) is 11.5 Å². The summed E-state index contributed by atoms with van der Waals surface area (Å²) < 4.78 is 48.7. The van der Waals surface area contributed by atoms with Crippen molar-refractivity contribution in [2.24, 2.45) is 5.41 Å². The first-order valence-electron chi connectivity index (χ1n) is 22.0. The van der Waals surface area contributed by atoms with Crippen LogP contribution in [0.15, 0.2) is 102 Å². The summed E-state index contributed by atoms with van der Waals surface area (Å²) in [6, 6.07) is 24.1. The zero-order valence-electron chi connectivity index (χ0n) is 36.2. The second kappa shape index (κ2) is 19.3. The van der Waals surface area contributed by atoms with Crippen LogP contribution in [0.4, 0.5) is 21.5 Å². The molecular formula is C48H55ClFN7O6S. The van der Waals surface area contributed by atoms with Gasteiger partial charge in [-0.25, -0.2) is 13.1 Å². The molecule has 2 aliphatic heterocycles. The van der Waals surface area contributed by atoms with E-state index in [9.17, 15) is 27.7 Å². The number of allylic oxidation sites excluding steroid dienone is 1. The maximum absolute atomic E-state index is 14.0. The van der Waals surface area contributed by atoms with E-state index in [0.29, 0.717) is 31.6 Å². The number of ether oxygens (including phenoxy) is 1. The third kappa shape index (κ3) is 10.7. The number of piperidine rings is 1. The minimum Gasteiger partial charge on any atom is -0.456 e. The number of rotatable bonds is 15. The van der Waals surface area contributed by atoms with Crippen molar-refractivity contribution in [1.82, 2.24) is 19.5 Å². The lowest BCUT2D eigenvalue weighted by atomic mass is 9.72. The summed E-state index contributed by atoms with van der Waals surface area (Å²) in [6.07, 6.45) is 6.86. The Kier molecular flexibility index (Phi) is 13.6. The Morgan fingerprint density at radius 1 is 0.953 bits per heavy atom. The summed E-state index contributed by atoms with van der Waals surface area (Å²) in [5.41, 5.74) is 5.79. The number of likely N-dealkylation sites (tertiary alicyclic amines) is 1. The van der Waals surface area contributed by atoms with Gasteiger partial charge >= 0.3 is 0 Å². The number of halogens is 2. The summed E-state index contributed by atoms with van der Waals surface area (Å²) in [5.74, 6) is -0.333. The number of nitro groups is 1. The van der Waals surface area contributed by atoms with Crippen LogP contribution >= 0.6 is 11.6 Å². The molecule has 2 fully saturated rings. The van der Waals surface area contributed by atoms with E-state index in [1.54, 1.807) is 24.3 Å². The van der Waals surface area contributed by atoms with Crippen LogP contribution in [0, 0.1) is 15.5 Å². The van der Waals surface area contributed by atoms with Crippen LogP contribution in [0.2, 0.25) is 5.02 Å². The van der Waals surface area contributed by atoms with E-state index in [0.717, 1.165) is 92.8 Å². The van der Waals surface area contributed by atoms with Crippen molar-refractivity contribution in [1.29, 1.82) is 0 Å². The number of fused-ring (bicyclic) bond motifs is 1. The predicted molar refractivity (Wildman–Crippen MR) is 251 cm³/mol. The summed E-state index contributed by atoms with van der Waals surface area (Å²) in [7, 11) is -4.57. The molecule has 64 heavy (non-hydrogen) atoms. The Hall–Kier alpha value is -5.48. The fourth-order valence-corrected chi connectivity index (χ4v) is 10.2. The molecule has 4 aromatic carbocycles. The molecule has 0 saturated carbocycles. The predicted octanol–water partition coefficient (Wildman–Crippen LogP) is 9.66. The number of aromatic nitrogens is 1. The van der Waals surface area contributed by atoms with Crippen LogP contribution in [0.1, 0.15) is 68.3 Å². The van der Waals surface area contributed by atoms with Crippen LogP contribution in [-0.4, -0.2) is 99.1 Å². The molecule has 8 rings (SSSR count). The van der Waals surface area contributed by atoms with Gasteiger partial charge in [-0.05, 0) is 116 Å². The van der Waals surface area contributed by atoms with Gasteiger partial charge in [-0.1, -0.05) is 43.2 Å². The lowest BCUT2D eigenvalue weighted by Gasteiger charge is -2.39. The zero-order valence-corrected chi connectivity index (χ0v) is 37.8. The van der Waals surface area contributed by atoms with Crippen molar-refractivity contribution in [2.45, 2.75) is 63.3 Å². The van der Waals surface area contributed by atoms with E-state index in [1.165, 1.54) is 28.8 Å². The van der Waals surface area contributed by atoms with E-state index in [1.807, 2.05) is 36.5 Å². The third-order valence-electron chi connectivity index (χ3n) is 12.8. The van der Waals surface area contributed by atoms with Gasteiger partial charge < -0.3 is 24.8 Å². The second-order valence-electron chi connectivity index (χ2n) is 17.9. The monoisotopic (exact) mass is 911 g/mol. The molecule has 3 aliphatic rings. The van der Waals surface area contributed by atoms with Crippen molar-refractivity contribution in [3.63, 3.8) is 0 Å². The Balaban J connectivity index is 0.989. The molecule has 338 valence electrons. The summed E-state index contributed by atoms with van der Waals surface area (Å²) >= 11 is 6.25. The molecule has 0 radical (unpaired) electrons. The number of hydrogen-bond acceptors (Lipinski definition) is 10. The normalized spacial score (nSPS) is 17.7. The highest BCUT2D eigenvalue weighted by Gasteiger charge is 2.31. The lowest BCUT2D eigenvalue weighted by Crippen LogP contribution is -2.47. The van der Waals surface area contributed by atoms with Gasteiger partial charge in [0.15, 0.2) is 0 Å². The van der Waals surface area contributed by atoms with Gasteiger partial charge in [0.1, 0.15) is 17.2 Å². The summed E-state index contributed by atoms with van der Waals surface area (Å²) in [5, 5.41) is 17.0. The number of aromatic amines is 1. The van der Waals surface area contributed by atoms with Gasteiger partial charge in [0.05, 0.1) is 22.1 Å². The first kappa shape index (κ1) is 45.1. The van der Waals surface area contributed by atoms with Crippen molar-refractivity contribution < 1.29 is 27.3 Å². The molecule has 16 heteroatoms. The van der Waals surface area contributed by atoms with Crippen LogP contribution in [0.25, 0.3) is 16.5 Å². The molecule has 2 saturated heterocycles. The first-order chi connectivity index (χ1) is 30.7. The van der Waals surface area contributed by atoms with Gasteiger partial charge in [0.25, 0.3) is 21.6 Å². The average molecular weight is 913 g/mol. The number of nitro benzene ring substituents is 1. The fraction of sp³-hybridized carbons (Fsp3) is 0.396. The molecule has 1 aliphatic carbocycles. The van der Waals surface area contributed by atoms with Gasteiger partial charge in [-0.15, -0.1) is 0 Å². The van der Waals surface area contributed by atoms with E-state index in [4.69, 9.17) is 16.3 Å². The number of carbonyl (C=O) groups excluding carboxylic acids is 1. The zero-order chi connectivity index (χ0) is 45.0. The highest BCUT2D eigenvalue weighted by molar-refractivity contribution is 7.90. The lowest BCUT2D eigenvalue weighted by molar-refractivity contribution is -0.384. The fourth-order valence-electron chi connectivity index (χ4n) is 9.09. The number of hydrogen-bond donors (Lipinski definition) is 3. The van der Waals surface area contributed by atoms with Crippen LogP contribution in [-0.2, 0) is 10.0 Å². The van der Waals surface area contributed by atoms with E-state index < -0.39 is 31.4 Å². The minimum absolute atomic E-state index is 0.0207. The number of carbonyl (C=O) groups is 1. The number of alkyl halides is 1. The Morgan fingerprint density at radius 2 is 1.72 bits per heavy atom. The number of amides is 1. The SMILES string of the molecule is CC1(C)CCC(CN2CCN(c3ccc(C(=O)NS(=O)(=O)c4ccc(NC5CCN(CCCF)CC5)c([N+](=O)[O-])c4)c(Oc4ccc5[nH]ccc5c4)c3)CC2)=C(c2ccc(Cl)cc2)C1. The molecule has 0 bridgehead atoms. The number of nitrogens with one attached hydrogen (secondary N) is 3. The highest BCUT2D eigenvalue weighted by atomic mass is 35.5. The van der Waals surface area contributed by atoms with E-state index in [-0.39, 0.29) is 35.1 Å². The Bertz CT molecular complexity index is 2640. The van der Waals surface area contributed by atoms with Gasteiger partial charge in [0.2, 0.25) is 0 Å². The summed E-state index contributed by atoms with van der Waals surface area (Å²) in [4.78, 5) is 35.2. The van der Waals surface area contributed by atoms with Crippen molar-refractivity contribution in [2.75, 3.05) is 69.2 Å². The standard InChI is InChI=1S/C48H55ClFN7O6S/c1-48(2)18-14-35(42(31-48)33-4-6-36(49)7-5-33)32-55-24-26-56(27-25-55)38-8-11-41(46(29-38)63-39-9-12-43-34(28-39)15-20-51-43)47(58)53-64(61,62)40-10-13-44(45(30-40)57(59)60)52-37-16-22-54(23-17-37)21-3-19-50/h4-13,15,20,28-30,37,51-52H,3,14,16-19,21-27,31-32H2,1-2H3,(H,53,58). The molecule has 1 aromatic heterocycles. The molecule has 3 N–H and O–H groups in total. The Labute approximate surface area is 378 Å². The van der Waals surface area contributed by atoms with Gasteiger partial charge in [0, 0.05) is 98.3 Å². The second-order valence-corrected chi connectivity index (χ2v) is 20.0. The smallest absolute Gasteiger partial charge is 0.293 e. The van der Waals surface area contributed by atoms with E-state index >= 15 is 0 Å². The molecule has 0 unspecified atom stereocenters. The number of nitrogens with zero attached hydrogens (tertiary/aromatic N) is 4.